The maximum absolute atomic E-state index is 2.45. The Bertz CT molecular complexity index is 677. The van der Waals surface area contributed by atoms with Gasteiger partial charge < -0.3 is 9.47 Å². The van der Waals surface area contributed by atoms with Crippen LogP contribution in [0.5, 0.6) is 0 Å². The number of likely N-dealkylation sites (N-methyl/N-ethyl adjacent to an activating group) is 1. The highest BCUT2D eigenvalue weighted by molar-refractivity contribution is 5.93. The highest BCUT2D eigenvalue weighted by atomic mass is 15.1. The van der Waals surface area contributed by atoms with Crippen LogP contribution < -0.4 is 0 Å². The molecule has 0 saturated carbocycles. The van der Waals surface area contributed by atoms with Crippen molar-refractivity contribution in [3.8, 4) is 0 Å². The zero-order valence-electron chi connectivity index (χ0n) is 13.0. The largest absolute Gasteiger partial charge is 0.347 e. The number of hydrogen-bond acceptors (Lipinski definition) is 1. The Balaban J connectivity index is 2.48. The molecule has 0 N–H and O–H groups in total. The fraction of sp³-hybridized carbons (Fsp3) is 0.529. The summed E-state index contributed by atoms with van der Waals surface area (Å²) in [5.41, 5.74) is 10.4. The van der Waals surface area contributed by atoms with Crippen LogP contribution >= 0.6 is 0 Å². The molecule has 3 rings (SSSR count). The molecular weight excluding hydrogens is 232 g/mol. The first-order valence-electron chi connectivity index (χ1n) is 7.18. The fourth-order valence-corrected chi connectivity index (χ4v) is 3.70. The van der Waals surface area contributed by atoms with Crippen LogP contribution in [-0.4, -0.2) is 23.1 Å². The molecular formula is C17H24N2. The Morgan fingerprint density at radius 2 is 1.47 bits per heavy atom. The molecule has 0 amide bonds. The van der Waals surface area contributed by atoms with Crippen molar-refractivity contribution in [2.45, 2.75) is 40.7 Å². The van der Waals surface area contributed by atoms with Gasteiger partial charge in [-0.3, -0.25) is 0 Å². The first-order valence-corrected chi connectivity index (χ1v) is 7.18. The van der Waals surface area contributed by atoms with Gasteiger partial charge in [0, 0.05) is 37.6 Å². The van der Waals surface area contributed by atoms with E-state index in [0.717, 1.165) is 6.54 Å². The monoisotopic (exact) mass is 256 g/mol. The molecule has 0 atom stereocenters. The van der Waals surface area contributed by atoms with Gasteiger partial charge >= 0.3 is 0 Å². The molecule has 1 aromatic carbocycles. The highest BCUT2D eigenvalue weighted by Gasteiger charge is 2.24. The van der Waals surface area contributed by atoms with Gasteiger partial charge in [0.25, 0.3) is 0 Å². The number of aryl methyl sites for hydroxylation is 3. The van der Waals surface area contributed by atoms with Crippen LogP contribution in [0.2, 0.25) is 0 Å². The summed E-state index contributed by atoms with van der Waals surface area (Å²) in [6.45, 7) is 11.4. The smallest absolute Gasteiger partial charge is 0.0518 e. The molecule has 1 aromatic heterocycles. The van der Waals surface area contributed by atoms with E-state index in [-0.39, 0.29) is 0 Å². The molecule has 0 aliphatic carbocycles. The lowest BCUT2D eigenvalue weighted by atomic mass is 9.92. The molecule has 2 aromatic rings. The Hall–Kier alpha value is -1.28. The molecule has 0 bridgehead atoms. The van der Waals surface area contributed by atoms with Gasteiger partial charge in [0.1, 0.15) is 0 Å². The second-order valence-corrected chi connectivity index (χ2v) is 6.20. The van der Waals surface area contributed by atoms with Crippen molar-refractivity contribution < 1.29 is 0 Å². The van der Waals surface area contributed by atoms with Crippen molar-refractivity contribution in [3.05, 3.63) is 33.5 Å². The predicted molar refractivity (Wildman–Crippen MR) is 81.9 cm³/mol. The van der Waals surface area contributed by atoms with Gasteiger partial charge in [0.15, 0.2) is 0 Å². The second kappa shape index (κ2) is 4.11. The van der Waals surface area contributed by atoms with Crippen LogP contribution in [0.25, 0.3) is 10.9 Å². The lowest BCUT2D eigenvalue weighted by Gasteiger charge is -2.23. The highest BCUT2D eigenvalue weighted by Crippen LogP contribution is 2.36. The van der Waals surface area contributed by atoms with Crippen molar-refractivity contribution >= 4 is 10.9 Å². The molecule has 0 unspecified atom stereocenters. The lowest BCUT2D eigenvalue weighted by Crippen LogP contribution is -2.27. The fourth-order valence-electron chi connectivity index (χ4n) is 3.70. The van der Waals surface area contributed by atoms with E-state index in [0.29, 0.717) is 0 Å². The van der Waals surface area contributed by atoms with E-state index in [1.165, 1.54) is 46.1 Å². The molecule has 0 spiro atoms. The minimum Gasteiger partial charge on any atom is -0.347 e. The third-order valence-corrected chi connectivity index (χ3v) is 5.20. The van der Waals surface area contributed by atoms with Gasteiger partial charge in [0.05, 0.1) is 5.52 Å². The summed E-state index contributed by atoms with van der Waals surface area (Å²) in [5.74, 6) is 0. The minimum atomic E-state index is 1.09. The molecule has 2 nitrogen and oxygen atoms in total. The van der Waals surface area contributed by atoms with Crippen molar-refractivity contribution in [3.63, 3.8) is 0 Å². The average molecular weight is 256 g/mol. The van der Waals surface area contributed by atoms with Crippen LogP contribution in [-0.2, 0) is 20.0 Å². The Kier molecular flexibility index (Phi) is 2.75. The molecule has 19 heavy (non-hydrogen) atoms. The van der Waals surface area contributed by atoms with Gasteiger partial charge in [0.2, 0.25) is 0 Å². The Morgan fingerprint density at radius 1 is 0.842 bits per heavy atom. The quantitative estimate of drug-likeness (QED) is 0.701. The summed E-state index contributed by atoms with van der Waals surface area (Å²) < 4.78 is 2.45. The molecule has 0 saturated heterocycles. The predicted octanol–water partition coefficient (Wildman–Crippen LogP) is 3.40. The maximum Gasteiger partial charge on any atom is 0.0518 e. The number of fused-ring (bicyclic) bond motifs is 3. The lowest BCUT2D eigenvalue weighted by molar-refractivity contribution is 0.310. The van der Waals surface area contributed by atoms with Crippen molar-refractivity contribution in [1.29, 1.82) is 0 Å². The van der Waals surface area contributed by atoms with Crippen molar-refractivity contribution in [1.82, 2.24) is 9.47 Å². The Labute approximate surface area is 116 Å². The van der Waals surface area contributed by atoms with E-state index >= 15 is 0 Å². The van der Waals surface area contributed by atoms with Gasteiger partial charge in [-0.15, -0.1) is 0 Å². The van der Waals surface area contributed by atoms with E-state index in [9.17, 15) is 0 Å². The van der Waals surface area contributed by atoms with Crippen LogP contribution in [0.15, 0.2) is 0 Å². The number of rotatable bonds is 0. The summed E-state index contributed by atoms with van der Waals surface area (Å²) in [4.78, 5) is 2.44. The van der Waals surface area contributed by atoms with E-state index in [2.05, 4.69) is 51.3 Å². The number of hydrogen-bond donors (Lipinski definition) is 0. The number of nitrogens with zero attached hydrogens (tertiary/aromatic N) is 2. The van der Waals surface area contributed by atoms with E-state index in [1.807, 2.05) is 0 Å². The third-order valence-electron chi connectivity index (χ3n) is 5.20. The van der Waals surface area contributed by atoms with Crippen LogP contribution in [0.3, 0.4) is 0 Å². The molecule has 2 heteroatoms. The molecule has 1 aliphatic heterocycles. The SMILES string of the molecule is Cc1c(C)c(C)c2c(c1C)c1c(n2C)CCN(C)C1. The Morgan fingerprint density at radius 3 is 2.16 bits per heavy atom. The minimum absolute atomic E-state index is 1.09. The summed E-state index contributed by atoms with van der Waals surface area (Å²) in [6.07, 6.45) is 1.17. The van der Waals surface area contributed by atoms with E-state index in [1.54, 1.807) is 11.3 Å². The van der Waals surface area contributed by atoms with Gasteiger partial charge in [-0.1, -0.05) is 0 Å². The summed E-state index contributed by atoms with van der Waals surface area (Å²) in [6, 6.07) is 0. The van der Waals surface area contributed by atoms with Gasteiger partial charge in [-0.2, -0.15) is 0 Å². The van der Waals surface area contributed by atoms with E-state index in [4.69, 9.17) is 0 Å². The van der Waals surface area contributed by atoms with Crippen molar-refractivity contribution in [2.24, 2.45) is 7.05 Å². The molecule has 102 valence electrons. The maximum atomic E-state index is 2.45. The zero-order chi connectivity index (χ0) is 13.9. The van der Waals surface area contributed by atoms with Crippen LogP contribution in [0.1, 0.15) is 33.5 Å². The van der Waals surface area contributed by atoms with Crippen LogP contribution in [0.4, 0.5) is 0 Å². The standard InChI is InChI=1S/C17H24N2/c1-10-11(2)13(4)17-16(12(10)3)14-9-18(5)8-7-15(14)19(17)6/h7-9H2,1-6H3. The molecule has 2 heterocycles. The number of aromatic nitrogens is 1. The zero-order valence-corrected chi connectivity index (χ0v) is 13.0. The first kappa shape index (κ1) is 12.7. The summed E-state index contributed by atoms with van der Waals surface area (Å²) >= 11 is 0. The first-order chi connectivity index (χ1) is 8.93. The van der Waals surface area contributed by atoms with E-state index < -0.39 is 0 Å². The number of benzene rings is 1. The van der Waals surface area contributed by atoms with Gasteiger partial charge in [-0.05, 0) is 62.6 Å². The topological polar surface area (TPSA) is 8.17 Å². The summed E-state index contributed by atoms with van der Waals surface area (Å²) in [7, 11) is 4.47. The summed E-state index contributed by atoms with van der Waals surface area (Å²) in [5, 5.41) is 1.52. The van der Waals surface area contributed by atoms with Crippen LogP contribution in [0, 0.1) is 27.7 Å². The molecule has 0 fully saturated rings. The normalized spacial score (nSPS) is 16.1. The molecule has 0 radical (unpaired) electrons. The van der Waals surface area contributed by atoms with Crippen molar-refractivity contribution in [2.75, 3.05) is 13.6 Å². The molecule has 1 aliphatic rings. The van der Waals surface area contributed by atoms with Gasteiger partial charge in [-0.25, -0.2) is 0 Å². The second-order valence-electron chi connectivity index (χ2n) is 6.20. The third kappa shape index (κ3) is 1.59. The average Bonchev–Trinajstić information content (AvgIpc) is 2.67.